The molecule has 17 heavy (non-hydrogen) atoms. The Labute approximate surface area is 107 Å². The lowest BCUT2D eigenvalue weighted by molar-refractivity contribution is -0.400. The zero-order valence-corrected chi connectivity index (χ0v) is 10.2. The van der Waals surface area contributed by atoms with E-state index in [1.54, 1.807) is 0 Å². The van der Waals surface area contributed by atoms with Crippen molar-refractivity contribution in [2.24, 2.45) is 0 Å². The van der Waals surface area contributed by atoms with E-state index in [9.17, 15) is 10.1 Å². The number of hydrogen-bond donors (Lipinski definition) is 0. The maximum Gasteiger partial charge on any atom is 0.235 e. The minimum Gasteiger partial charge on any atom is -0.259 e. The molecule has 1 heterocycles. The van der Waals surface area contributed by atoms with Gasteiger partial charge in [-0.25, -0.2) is 0 Å². The summed E-state index contributed by atoms with van der Waals surface area (Å²) in [7, 11) is 0. The van der Waals surface area contributed by atoms with Gasteiger partial charge in [0, 0.05) is 26.4 Å². The summed E-state index contributed by atoms with van der Waals surface area (Å²) in [6, 6.07) is 11.3. The maximum absolute atomic E-state index is 10.2. The van der Waals surface area contributed by atoms with Gasteiger partial charge in [0.15, 0.2) is 0 Å². The van der Waals surface area contributed by atoms with E-state index in [1.807, 2.05) is 36.4 Å². The minimum atomic E-state index is -0.477. The molecule has 1 aromatic carbocycles. The Hall–Kier alpha value is -1.65. The predicted molar refractivity (Wildman–Crippen MR) is 70.8 cm³/mol. The normalized spacial score (nSPS) is 10.9. The third-order valence-corrected chi connectivity index (χ3v) is 3.54. The molecule has 3 nitrogen and oxygen atoms in total. The molecule has 0 atom stereocenters. The summed E-state index contributed by atoms with van der Waals surface area (Å²) in [5.41, 5.74) is 0.944. The summed E-state index contributed by atoms with van der Waals surface area (Å²) in [5.74, 6) is 0. The molecule has 2 aromatic rings. The Morgan fingerprint density at radius 2 is 2.00 bits per heavy atom. The Bertz CT molecular complexity index is 577. The lowest BCUT2D eigenvalue weighted by Crippen LogP contribution is -1.80. The summed E-state index contributed by atoms with van der Waals surface area (Å²) in [6.45, 7) is 0. The smallest absolute Gasteiger partial charge is 0.235 e. The van der Waals surface area contributed by atoms with Crippen LogP contribution in [0.3, 0.4) is 0 Å². The molecule has 0 aliphatic carbocycles. The molecule has 2 rings (SSSR count). The van der Waals surface area contributed by atoms with E-state index in [0.717, 1.165) is 21.5 Å². The highest BCUT2D eigenvalue weighted by Gasteiger charge is 2.05. The van der Waals surface area contributed by atoms with Crippen molar-refractivity contribution in [2.75, 3.05) is 0 Å². The van der Waals surface area contributed by atoms with Crippen LogP contribution in [-0.4, -0.2) is 4.92 Å². The second-order valence-electron chi connectivity index (χ2n) is 3.28. The van der Waals surface area contributed by atoms with Crippen LogP contribution >= 0.6 is 22.9 Å². The van der Waals surface area contributed by atoms with Gasteiger partial charge < -0.3 is 0 Å². The van der Waals surface area contributed by atoms with Gasteiger partial charge in [-0.3, -0.25) is 10.1 Å². The Kier molecular flexibility index (Phi) is 3.56. The van der Waals surface area contributed by atoms with Crippen LogP contribution < -0.4 is 0 Å². The number of thiophene rings is 1. The van der Waals surface area contributed by atoms with Crippen molar-refractivity contribution in [1.82, 2.24) is 0 Å². The van der Waals surface area contributed by atoms with Crippen molar-refractivity contribution >= 4 is 29.0 Å². The molecule has 0 radical (unpaired) electrons. The first-order chi connectivity index (χ1) is 8.16. The highest BCUT2D eigenvalue weighted by atomic mass is 35.5. The van der Waals surface area contributed by atoms with E-state index in [1.165, 1.54) is 17.4 Å². The third-order valence-electron chi connectivity index (χ3n) is 2.13. The van der Waals surface area contributed by atoms with Crippen LogP contribution in [0.4, 0.5) is 0 Å². The zero-order valence-electron chi connectivity index (χ0n) is 8.67. The van der Waals surface area contributed by atoms with Crippen molar-refractivity contribution in [3.05, 3.63) is 62.6 Å². The summed E-state index contributed by atoms with van der Waals surface area (Å²) in [4.78, 5) is 11.6. The molecule has 0 amide bonds. The van der Waals surface area contributed by atoms with Gasteiger partial charge in [0.05, 0.1) is 4.92 Å². The van der Waals surface area contributed by atoms with Gasteiger partial charge in [0.2, 0.25) is 6.20 Å². The average Bonchev–Trinajstić information content (AvgIpc) is 2.75. The molecule has 86 valence electrons. The lowest BCUT2D eigenvalue weighted by atomic mass is 10.2. The summed E-state index contributed by atoms with van der Waals surface area (Å²) >= 11 is 7.54. The fourth-order valence-electron chi connectivity index (χ4n) is 1.38. The second kappa shape index (κ2) is 5.12. The largest absolute Gasteiger partial charge is 0.259 e. The van der Waals surface area contributed by atoms with Crippen LogP contribution in [0, 0.1) is 10.1 Å². The number of benzene rings is 1. The molecule has 0 saturated heterocycles. The third kappa shape index (κ3) is 2.93. The van der Waals surface area contributed by atoms with Gasteiger partial charge in [-0.05, 0) is 18.2 Å². The first-order valence-electron chi connectivity index (χ1n) is 4.83. The number of hydrogen-bond acceptors (Lipinski definition) is 3. The van der Waals surface area contributed by atoms with Crippen LogP contribution in [0.5, 0.6) is 0 Å². The van der Waals surface area contributed by atoms with Crippen molar-refractivity contribution in [3.63, 3.8) is 0 Å². The van der Waals surface area contributed by atoms with Crippen molar-refractivity contribution in [2.45, 2.75) is 0 Å². The summed E-state index contributed by atoms with van der Waals surface area (Å²) < 4.78 is 0. The molecular weight excluding hydrogens is 258 g/mol. The minimum absolute atomic E-state index is 0.477. The first kappa shape index (κ1) is 11.8. The Morgan fingerprint density at radius 3 is 2.71 bits per heavy atom. The van der Waals surface area contributed by atoms with E-state index in [-0.39, 0.29) is 0 Å². The first-order valence-corrected chi connectivity index (χ1v) is 6.03. The van der Waals surface area contributed by atoms with Crippen molar-refractivity contribution in [1.29, 1.82) is 0 Å². The molecular formula is C12H8ClNO2S. The topological polar surface area (TPSA) is 43.1 Å². The Morgan fingerprint density at radius 1 is 1.24 bits per heavy atom. The van der Waals surface area contributed by atoms with Crippen molar-refractivity contribution in [3.8, 4) is 10.4 Å². The van der Waals surface area contributed by atoms with E-state index < -0.39 is 4.92 Å². The van der Waals surface area contributed by atoms with Crippen molar-refractivity contribution < 1.29 is 4.92 Å². The monoisotopic (exact) mass is 265 g/mol. The van der Waals surface area contributed by atoms with Gasteiger partial charge in [-0.2, -0.15) is 0 Å². The molecule has 0 aliphatic rings. The fraction of sp³-hybridized carbons (Fsp3) is 0. The lowest BCUT2D eigenvalue weighted by Gasteiger charge is -1.98. The van der Waals surface area contributed by atoms with Gasteiger partial charge in [-0.1, -0.05) is 29.8 Å². The van der Waals surface area contributed by atoms with Gasteiger partial charge in [-0.15, -0.1) is 11.3 Å². The standard InChI is InChI=1S/C12H8ClNO2S/c13-11-4-2-1-3-10(11)12-6-5-9(17-12)7-8-14(15)16/h1-8H/b8-7+. The highest BCUT2D eigenvalue weighted by molar-refractivity contribution is 7.16. The Balaban J connectivity index is 2.30. The predicted octanol–water partition coefficient (Wildman–Crippen LogP) is 4.32. The molecule has 0 bridgehead atoms. The molecule has 0 N–H and O–H groups in total. The highest BCUT2D eigenvalue weighted by Crippen LogP contribution is 2.33. The molecule has 0 saturated carbocycles. The van der Waals surface area contributed by atoms with E-state index in [0.29, 0.717) is 5.02 Å². The molecule has 0 unspecified atom stereocenters. The van der Waals surface area contributed by atoms with E-state index in [4.69, 9.17) is 11.6 Å². The van der Waals surface area contributed by atoms with Gasteiger partial charge in [0.1, 0.15) is 0 Å². The molecule has 0 fully saturated rings. The number of nitrogens with zero attached hydrogens (tertiary/aromatic N) is 1. The number of nitro groups is 1. The van der Waals surface area contributed by atoms with Crippen LogP contribution in [0.1, 0.15) is 4.88 Å². The van der Waals surface area contributed by atoms with Crippen LogP contribution in [0.25, 0.3) is 16.5 Å². The molecule has 0 aliphatic heterocycles. The second-order valence-corrected chi connectivity index (χ2v) is 4.81. The van der Waals surface area contributed by atoms with E-state index in [2.05, 4.69) is 0 Å². The zero-order chi connectivity index (χ0) is 12.3. The van der Waals surface area contributed by atoms with Gasteiger partial charge in [0.25, 0.3) is 0 Å². The summed E-state index contributed by atoms with van der Waals surface area (Å²) in [5, 5.41) is 10.9. The maximum atomic E-state index is 10.2. The van der Waals surface area contributed by atoms with Crippen LogP contribution in [-0.2, 0) is 0 Å². The molecule has 5 heteroatoms. The van der Waals surface area contributed by atoms with Crippen LogP contribution in [0.2, 0.25) is 5.02 Å². The average molecular weight is 266 g/mol. The van der Waals surface area contributed by atoms with Gasteiger partial charge >= 0.3 is 0 Å². The molecule has 1 aromatic heterocycles. The number of halogens is 1. The number of rotatable bonds is 3. The SMILES string of the molecule is O=[N+]([O-])/C=C/c1ccc(-c2ccccc2Cl)s1. The quantitative estimate of drug-likeness (QED) is 0.613. The summed E-state index contributed by atoms with van der Waals surface area (Å²) in [6.07, 6.45) is 2.41. The molecule has 0 spiro atoms. The van der Waals surface area contributed by atoms with Crippen LogP contribution in [0.15, 0.2) is 42.6 Å². The van der Waals surface area contributed by atoms with E-state index >= 15 is 0 Å². The fourth-order valence-corrected chi connectivity index (χ4v) is 2.62.